The van der Waals surface area contributed by atoms with Crippen molar-refractivity contribution in [2.24, 2.45) is 0 Å². The lowest BCUT2D eigenvalue weighted by Gasteiger charge is -2.33. The number of carbonyl (C=O) groups excluding carboxylic acids is 1. The first kappa shape index (κ1) is 27.4. The van der Waals surface area contributed by atoms with E-state index in [0.29, 0.717) is 68.6 Å². The zero-order chi connectivity index (χ0) is 29.0. The summed E-state index contributed by atoms with van der Waals surface area (Å²) in [6, 6.07) is 6.26. The molecule has 3 aromatic heterocycles. The second-order valence-corrected chi connectivity index (χ2v) is 12.1. The summed E-state index contributed by atoms with van der Waals surface area (Å²) in [4.78, 5) is 38.6. The number of rotatable bonds is 7. The number of hydrogen-bond donors (Lipinski definition) is 4. The molecule has 3 fully saturated rings. The second-order valence-electron chi connectivity index (χ2n) is 12.1. The van der Waals surface area contributed by atoms with Gasteiger partial charge in [-0.05, 0) is 56.7 Å². The number of aliphatic hydroxyl groups excluding tert-OH is 3. The minimum atomic E-state index is -0.679. The molecule has 42 heavy (non-hydrogen) atoms. The van der Waals surface area contributed by atoms with Crippen molar-refractivity contribution < 1.29 is 20.1 Å². The number of aliphatic hydroxyl groups is 3. The molecule has 222 valence electrons. The fourth-order valence-electron chi connectivity index (χ4n) is 7.27. The van der Waals surface area contributed by atoms with Crippen molar-refractivity contribution >= 4 is 34.4 Å². The van der Waals surface area contributed by atoms with Crippen LogP contribution in [0.25, 0.3) is 10.9 Å². The standard InChI is InChI=1S/C30H38N8O4/c1-17(40)24-12-19-14-31-30(35-27(19)28(33-24)38-20-3-4-21(38)6-5-20)34-26-7-2-18-15-37(9-8-23(18)32-26)29(42)25-13-22(41)16-36(25)10-11-39/h2,7,12,14,17,20-22,25,39-41H,3-6,8-11,13,15-16H2,1H3,(H,31,32,34,35)/t17?,20?,21?,22-,25+/m0/s1. The van der Waals surface area contributed by atoms with E-state index in [2.05, 4.69) is 15.2 Å². The zero-order valence-electron chi connectivity index (χ0n) is 23.9. The van der Waals surface area contributed by atoms with Gasteiger partial charge < -0.3 is 30.4 Å². The second kappa shape index (κ2) is 11.0. The van der Waals surface area contributed by atoms with Crippen LogP contribution in [0.1, 0.15) is 62.1 Å². The molecule has 1 unspecified atom stereocenters. The summed E-state index contributed by atoms with van der Waals surface area (Å²) in [6.45, 7) is 3.49. The predicted octanol–water partition coefficient (Wildman–Crippen LogP) is 1.66. The Morgan fingerprint density at radius 2 is 1.93 bits per heavy atom. The number of β-amino-alcohol motifs (C(OH)–C–C–N with tert-alkyl or cyclic N) is 2. The fourth-order valence-corrected chi connectivity index (χ4v) is 7.27. The Balaban J connectivity index is 1.11. The summed E-state index contributed by atoms with van der Waals surface area (Å²) in [5, 5.41) is 33.9. The SMILES string of the molecule is CC(O)c1cc2cnc(Nc3ccc4c(n3)CCN(C(=O)[C@H]3C[C@H](O)CN3CCO)C4)nc2c(N2C3CCC2CC3)n1. The molecule has 7 heterocycles. The third kappa shape index (κ3) is 4.96. The molecule has 12 heteroatoms. The summed E-state index contributed by atoms with van der Waals surface area (Å²) in [5.74, 6) is 1.89. The van der Waals surface area contributed by atoms with E-state index in [0.717, 1.165) is 53.7 Å². The number of likely N-dealkylation sites (tertiary alicyclic amines) is 1. The zero-order valence-corrected chi connectivity index (χ0v) is 23.9. The van der Waals surface area contributed by atoms with Crippen LogP contribution in [0.3, 0.4) is 0 Å². The Bertz CT molecular complexity index is 1480. The molecule has 12 nitrogen and oxygen atoms in total. The van der Waals surface area contributed by atoms with E-state index in [1.807, 2.05) is 28.0 Å². The Morgan fingerprint density at radius 1 is 1.14 bits per heavy atom. The minimum absolute atomic E-state index is 0.00739. The van der Waals surface area contributed by atoms with Crippen molar-refractivity contribution in [3.05, 3.63) is 41.3 Å². The van der Waals surface area contributed by atoms with Gasteiger partial charge in [0.05, 0.1) is 30.6 Å². The highest BCUT2D eigenvalue weighted by molar-refractivity contribution is 5.90. The van der Waals surface area contributed by atoms with Crippen LogP contribution >= 0.6 is 0 Å². The van der Waals surface area contributed by atoms with Crippen LogP contribution in [0.5, 0.6) is 0 Å². The lowest BCUT2D eigenvalue weighted by atomic mass is 10.0. The molecule has 7 rings (SSSR count). The largest absolute Gasteiger partial charge is 0.395 e. The molecule has 0 radical (unpaired) electrons. The maximum atomic E-state index is 13.3. The van der Waals surface area contributed by atoms with Gasteiger partial charge in [-0.2, -0.15) is 0 Å². The molecular weight excluding hydrogens is 536 g/mol. The highest BCUT2D eigenvalue weighted by atomic mass is 16.3. The van der Waals surface area contributed by atoms with Crippen LogP contribution in [0.4, 0.5) is 17.6 Å². The molecule has 0 aromatic carbocycles. The number of aromatic nitrogens is 4. The van der Waals surface area contributed by atoms with Crippen LogP contribution in [-0.2, 0) is 17.8 Å². The molecule has 4 aliphatic heterocycles. The maximum Gasteiger partial charge on any atom is 0.240 e. The number of fused-ring (bicyclic) bond motifs is 4. The fraction of sp³-hybridized carbons (Fsp3) is 0.567. The molecule has 0 spiro atoms. The summed E-state index contributed by atoms with van der Waals surface area (Å²) in [5.41, 5.74) is 3.33. The van der Waals surface area contributed by atoms with E-state index in [9.17, 15) is 20.1 Å². The van der Waals surface area contributed by atoms with Gasteiger partial charge in [0.1, 0.15) is 11.3 Å². The highest BCUT2D eigenvalue weighted by Gasteiger charge is 2.41. The van der Waals surface area contributed by atoms with E-state index in [-0.39, 0.29) is 12.5 Å². The summed E-state index contributed by atoms with van der Waals surface area (Å²) in [6.07, 6.45) is 6.21. The van der Waals surface area contributed by atoms with Gasteiger partial charge in [-0.25, -0.2) is 19.9 Å². The van der Waals surface area contributed by atoms with Crippen LogP contribution < -0.4 is 10.2 Å². The van der Waals surface area contributed by atoms with Crippen LogP contribution in [0.15, 0.2) is 24.4 Å². The molecule has 4 N–H and O–H groups in total. The molecule has 4 aliphatic rings. The molecule has 3 saturated heterocycles. The molecule has 1 amide bonds. The van der Waals surface area contributed by atoms with Crippen molar-refractivity contribution in [2.45, 2.75) is 82.3 Å². The van der Waals surface area contributed by atoms with Crippen molar-refractivity contribution in [2.75, 3.05) is 36.5 Å². The van der Waals surface area contributed by atoms with Gasteiger partial charge in [0, 0.05) is 62.0 Å². The number of pyridine rings is 2. The summed E-state index contributed by atoms with van der Waals surface area (Å²) in [7, 11) is 0. The Kier molecular flexibility index (Phi) is 7.17. The van der Waals surface area contributed by atoms with Gasteiger partial charge in [-0.1, -0.05) is 6.07 Å². The quantitative estimate of drug-likeness (QED) is 0.326. The lowest BCUT2D eigenvalue weighted by molar-refractivity contribution is -0.137. The Labute approximate surface area is 244 Å². The number of carbonyl (C=O) groups is 1. The highest BCUT2D eigenvalue weighted by Crippen LogP contribution is 2.42. The third-order valence-corrected chi connectivity index (χ3v) is 9.35. The van der Waals surface area contributed by atoms with Crippen LogP contribution in [-0.4, -0.2) is 101 Å². The average Bonchev–Trinajstić information content (AvgIpc) is 3.70. The van der Waals surface area contributed by atoms with Gasteiger partial charge in [0.15, 0.2) is 5.82 Å². The Hall–Kier alpha value is -3.45. The number of hydrogen-bond acceptors (Lipinski definition) is 11. The van der Waals surface area contributed by atoms with Crippen molar-refractivity contribution in [1.29, 1.82) is 0 Å². The third-order valence-electron chi connectivity index (χ3n) is 9.35. The van der Waals surface area contributed by atoms with E-state index in [4.69, 9.17) is 15.0 Å². The predicted molar refractivity (Wildman–Crippen MR) is 156 cm³/mol. The van der Waals surface area contributed by atoms with Gasteiger partial charge in [-0.15, -0.1) is 0 Å². The van der Waals surface area contributed by atoms with Crippen LogP contribution in [0.2, 0.25) is 0 Å². The number of nitrogens with one attached hydrogen (secondary N) is 1. The average molecular weight is 575 g/mol. The van der Waals surface area contributed by atoms with Gasteiger partial charge in [0.25, 0.3) is 0 Å². The first-order valence-electron chi connectivity index (χ1n) is 15.1. The first-order chi connectivity index (χ1) is 20.4. The topological polar surface area (TPSA) is 151 Å². The summed E-state index contributed by atoms with van der Waals surface area (Å²) < 4.78 is 0. The van der Waals surface area contributed by atoms with Crippen molar-refractivity contribution in [3.8, 4) is 0 Å². The number of nitrogens with zero attached hydrogens (tertiary/aromatic N) is 7. The van der Waals surface area contributed by atoms with E-state index in [1.54, 1.807) is 13.1 Å². The van der Waals surface area contributed by atoms with E-state index in [1.165, 1.54) is 0 Å². The first-order valence-corrected chi connectivity index (χ1v) is 15.1. The monoisotopic (exact) mass is 574 g/mol. The lowest BCUT2D eigenvalue weighted by Crippen LogP contribution is -2.48. The van der Waals surface area contributed by atoms with Gasteiger partial charge >= 0.3 is 0 Å². The van der Waals surface area contributed by atoms with Crippen molar-refractivity contribution in [1.82, 2.24) is 29.7 Å². The molecular formula is C30H38N8O4. The Morgan fingerprint density at radius 3 is 2.67 bits per heavy atom. The number of anilines is 3. The van der Waals surface area contributed by atoms with Crippen LogP contribution in [0, 0.1) is 0 Å². The minimum Gasteiger partial charge on any atom is -0.395 e. The maximum absolute atomic E-state index is 13.3. The molecule has 3 aromatic rings. The van der Waals surface area contributed by atoms with Gasteiger partial charge in [-0.3, -0.25) is 9.69 Å². The summed E-state index contributed by atoms with van der Waals surface area (Å²) >= 11 is 0. The van der Waals surface area contributed by atoms with Crippen molar-refractivity contribution in [3.63, 3.8) is 0 Å². The molecule has 0 aliphatic carbocycles. The van der Waals surface area contributed by atoms with E-state index >= 15 is 0 Å². The smallest absolute Gasteiger partial charge is 0.240 e. The number of amides is 1. The molecule has 0 saturated carbocycles. The molecule has 2 bridgehead atoms. The molecule has 3 atom stereocenters. The van der Waals surface area contributed by atoms with Gasteiger partial charge in [0.2, 0.25) is 11.9 Å². The normalized spacial score (nSPS) is 26.2. The van der Waals surface area contributed by atoms with E-state index < -0.39 is 18.2 Å².